The monoisotopic (exact) mass is 365 g/mol. The number of hydrogen-bond donors (Lipinski definition) is 1. The van der Waals surface area contributed by atoms with Crippen molar-refractivity contribution in [2.45, 2.75) is 31.1 Å². The Balaban J connectivity index is 1.48. The van der Waals surface area contributed by atoms with Crippen molar-refractivity contribution in [3.8, 4) is 0 Å². The molecule has 6 heteroatoms. The van der Waals surface area contributed by atoms with Crippen LogP contribution in [0.2, 0.25) is 0 Å². The summed E-state index contributed by atoms with van der Waals surface area (Å²) in [6.07, 6.45) is 6.37. The molecular formula is C21H27N5O. The number of carbonyl (C=O) groups is 1. The summed E-state index contributed by atoms with van der Waals surface area (Å²) in [5, 5.41) is 3.00. The number of likely N-dealkylation sites (tertiary alicyclic amines) is 1. The number of nitrogens with zero attached hydrogens (tertiary/aromatic N) is 4. The fourth-order valence-electron chi connectivity index (χ4n) is 4.43. The lowest BCUT2D eigenvalue weighted by Crippen LogP contribution is -2.48. The smallest absolute Gasteiger partial charge is 0.238 e. The molecule has 6 nitrogen and oxygen atoms in total. The molecule has 1 aliphatic carbocycles. The van der Waals surface area contributed by atoms with Crippen molar-refractivity contribution in [1.82, 2.24) is 14.9 Å². The maximum Gasteiger partial charge on any atom is 0.238 e. The van der Waals surface area contributed by atoms with E-state index < -0.39 is 0 Å². The van der Waals surface area contributed by atoms with Gasteiger partial charge in [-0.05, 0) is 49.9 Å². The van der Waals surface area contributed by atoms with Crippen molar-refractivity contribution in [3.05, 3.63) is 47.8 Å². The zero-order valence-corrected chi connectivity index (χ0v) is 16.1. The van der Waals surface area contributed by atoms with Gasteiger partial charge in [-0.1, -0.05) is 18.2 Å². The standard InChI is InChI=1S/C21H27N5O/c1-25(2)20-22-13-16-9-11-21(19(16)24-20)10-6-12-26(15-21)14-18(27)23-17-7-4-3-5-8-17/h3-5,7-8,13H,6,9-12,14-15H2,1-2H3,(H,23,27). The van der Waals surface area contributed by atoms with Crippen LogP contribution in [0.25, 0.3) is 0 Å². The van der Waals surface area contributed by atoms with Crippen LogP contribution in [0.15, 0.2) is 36.5 Å². The van der Waals surface area contributed by atoms with Crippen LogP contribution >= 0.6 is 0 Å². The van der Waals surface area contributed by atoms with Crippen molar-refractivity contribution in [2.24, 2.45) is 0 Å². The molecule has 2 heterocycles. The maximum absolute atomic E-state index is 12.5. The van der Waals surface area contributed by atoms with Gasteiger partial charge in [-0.3, -0.25) is 9.69 Å². The average molecular weight is 365 g/mol. The topological polar surface area (TPSA) is 61.4 Å². The molecule has 1 fully saturated rings. The molecule has 4 rings (SSSR count). The van der Waals surface area contributed by atoms with Crippen LogP contribution in [0.5, 0.6) is 0 Å². The lowest BCUT2D eigenvalue weighted by atomic mass is 9.77. The van der Waals surface area contributed by atoms with Crippen molar-refractivity contribution < 1.29 is 4.79 Å². The molecule has 2 aromatic rings. The van der Waals surface area contributed by atoms with Gasteiger partial charge in [-0.2, -0.15) is 0 Å². The van der Waals surface area contributed by atoms with Gasteiger partial charge >= 0.3 is 0 Å². The zero-order valence-electron chi connectivity index (χ0n) is 16.1. The minimum Gasteiger partial charge on any atom is -0.347 e. The summed E-state index contributed by atoms with van der Waals surface area (Å²) in [7, 11) is 3.95. The summed E-state index contributed by atoms with van der Waals surface area (Å²) < 4.78 is 0. The van der Waals surface area contributed by atoms with Crippen molar-refractivity contribution in [2.75, 3.05) is 43.9 Å². The highest BCUT2D eigenvalue weighted by molar-refractivity contribution is 5.92. The zero-order chi connectivity index (χ0) is 18.9. The fourth-order valence-corrected chi connectivity index (χ4v) is 4.43. The summed E-state index contributed by atoms with van der Waals surface area (Å²) in [6, 6.07) is 9.66. The minimum absolute atomic E-state index is 0.0492. The number of aryl methyl sites for hydroxylation is 1. The summed E-state index contributed by atoms with van der Waals surface area (Å²) in [5.41, 5.74) is 3.39. The number of fused-ring (bicyclic) bond motifs is 2. The van der Waals surface area contributed by atoms with Gasteiger partial charge in [0.1, 0.15) is 0 Å². The molecule has 1 saturated heterocycles. The molecule has 0 radical (unpaired) electrons. The number of para-hydroxylation sites is 1. The van der Waals surface area contributed by atoms with Crippen molar-refractivity contribution in [3.63, 3.8) is 0 Å². The third kappa shape index (κ3) is 3.67. The highest BCUT2D eigenvalue weighted by Crippen LogP contribution is 2.44. The molecule has 0 saturated carbocycles. The van der Waals surface area contributed by atoms with E-state index in [4.69, 9.17) is 4.98 Å². The van der Waals surface area contributed by atoms with E-state index in [9.17, 15) is 4.79 Å². The highest BCUT2D eigenvalue weighted by atomic mass is 16.2. The number of anilines is 2. The Morgan fingerprint density at radius 2 is 2.07 bits per heavy atom. The molecule has 142 valence electrons. The normalized spacial score (nSPS) is 21.9. The average Bonchev–Trinajstić information content (AvgIpc) is 3.00. The molecule has 1 aliphatic heterocycles. The molecular weight excluding hydrogens is 338 g/mol. The largest absolute Gasteiger partial charge is 0.347 e. The Morgan fingerprint density at radius 3 is 2.85 bits per heavy atom. The first-order valence-electron chi connectivity index (χ1n) is 9.67. The predicted molar refractivity (Wildman–Crippen MR) is 107 cm³/mol. The molecule has 1 atom stereocenters. The van der Waals surface area contributed by atoms with Crippen LogP contribution in [0.1, 0.15) is 30.5 Å². The fraction of sp³-hybridized carbons (Fsp3) is 0.476. The third-order valence-corrected chi connectivity index (χ3v) is 5.71. The second-order valence-electron chi connectivity index (χ2n) is 7.95. The highest BCUT2D eigenvalue weighted by Gasteiger charge is 2.44. The molecule has 1 aromatic heterocycles. The lowest BCUT2D eigenvalue weighted by molar-refractivity contribution is -0.117. The Bertz CT molecular complexity index is 819. The maximum atomic E-state index is 12.5. The SMILES string of the molecule is CN(C)c1ncc2c(n1)C1(CCCN(CC(=O)Nc3ccccc3)C1)CC2. The van der Waals surface area contributed by atoms with Crippen LogP contribution in [0.4, 0.5) is 11.6 Å². The summed E-state index contributed by atoms with van der Waals surface area (Å²) >= 11 is 0. The van der Waals surface area contributed by atoms with Crippen molar-refractivity contribution in [1.29, 1.82) is 0 Å². The first-order chi connectivity index (χ1) is 13.1. The second-order valence-corrected chi connectivity index (χ2v) is 7.95. The molecule has 27 heavy (non-hydrogen) atoms. The van der Waals surface area contributed by atoms with Gasteiger partial charge in [0.15, 0.2) is 0 Å². The Kier molecular flexibility index (Phi) is 4.83. The number of benzene rings is 1. The molecule has 0 bridgehead atoms. The summed E-state index contributed by atoms with van der Waals surface area (Å²) in [4.78, 5) is 26.1. The van der Waals surface area contributed by atoms with Crippen LogP contribution in [0, 0.1) is 0 Å². The molecule has 2 aliphatic rings. The number of piperidine rings is 1. The van der Waals surface area contributed by atoms with E-state index in [1.54, 1.807) is 0 Å². The predicted octanol–water partition coefficient (Wildman–Crippen LogP) is 2.46. The second kappa shape index (κ2) is 7.27. The molecule has 1 unspecified atom stereocenters. The van der Waals surface area contributed by atoms with Gasteiger partial charge in [0.25, 0.3) is 0 Å². The van der Waals surface area contributed by atoms with Gasteiger partial charge in [0.2, 0.25) is 11.9 Å². The lowest BCUT2D eigenvalue weighted by Gasteiger charge is -2.40. The van der Waals surface area contributed by atoms with Crippen molar-refractivity contribution >= 4 is 17.5 Å². The third-order valence-electron chi connectivity index (χ3n) is 5.71. The minimum atomic E-state index is 0.0492. The van der Waals surface area contributed by atoms with E-state index in [1.807, 2.05) is 55.5 Å². The van der Waals surface area contributed by atoms with E-state index >= 15 is 0 Å². The van der Waals surface area contributed by atoms with E-state index in [0.29, 0.717) is 6.54 Å². The van der Waals surface area contributed by atoms with Gasteiger partial charge in [-0.15, -0.1) is 0 Å². The van der Waals surface area contributed by atoms with Gasteiger partial charge in [0.05, 0.1) is 12.2 Å². The molecule has 1 aromatic carbocycles. The van der Waals surface area contributed by atoms with Gasteiger partial charge in [-0.25, -0.2) is 9.97 Å². The summed E-state index contributed by atoms with van der Waals surface area (Å²) in [6.45, 7) is 2.29. The van der Waals surface area contributed by atoms with Crippen LogP contribution < -0.4 is 10.2 Å². The van der Waals surface area contributed by atoms with Gasteiger partial charge < -0.3 is 10.2 Å². The van der Waals surface area contributed by atoms with Crippen LogP contribution in [0.3, 0.4) is 0 Å². The van der Waals surface area contributed by atoms with E-state index in [1.165, 1.54) is 11.3 Å². The first-order valence-corrected chi connectivity index (χ1v) is 9.67. The van der Waals surface area contributed by atoms with Crippen LogP contribution in [-0.2, 0) is 16.6 Å². The van der Waals surface area contributed by atoms with Crippen LogP contribution in [-0.4, -0.2) is 54.5 Å². The molecule has 1 amide bonds. The Hall–Kier alpha value is -2.47. The van der Waals surface area contributed by atoms with E-state index in [0.717, 1.165) is 50.4 Å². The number of nitrogens with one attached hydrogen (secondary N) is 1. The first kappa shape index (κ1) is 17.9. The Morgan fingerprint density at radius 1 is 1.26 bits per heavy atom. The Labute approximate surface area is 160 Å². The molecule has 1 N–H and O–H groups in total. The number of rotatable bonds is 4. The van der Waals surface area contributed by atoms with E-state index in [-0.39, 0.29) is 11.3 Å². The molecule has 1 spiro atoms. The summed E-state index contributed by atoms with van der Waals surface area (Å²) in [5.74, 6) is 0.821. The van der Waals surface area contributed by atoms with E-state index in [2.05, 4.69) is 15.2 Å². The number of hydrogen-bond acceptors (Lipinski definition) is 5. The number of aromatic nitrogens is 2. The van der Waals surface area contributed by atoms with Gasteiger partial charge in [0, 0.05) is 37.9 Å². The quantitative estimate of drug-likeness (QED) is 0.902. The number of amides is 1. The number of carbonyl (C=O) groups excluding carboxylic acids is 1.